The molecule has 0 heterocycles. The highest BCUT2D eigenvalue weighted by molar-refractivity contribution is 6.37. The minimum atomic E-state index is -0.413. The molecule has 0 radical (unpaired) electrons. The van der Waals surface area contributed by atoms with Crippen LogP contribution in [0.5, 0.6) is 5.75 Å². The molecule has 0 aliphatic rings. The Morgan fingerprint density at radius 3 is 2.54 bits per heavy atom. The van der Waals surface area contributed by atoms with Crippen molar-refractivity contribution in [2.24, 2.45) is 0 Å². The molecule has 0 saturated carbocycles. The van der Waals surface area contributed by atoms with E-state index >= 15 is 0 Å². The SMILES string of the molecule is O=C(CCl)c1cc(Cl)cc(Cl)c1O. The normalized spacial score (nSPS) is 10.1. The highest BCUT2D eigenvalue weighted by Crippen LogP contribution is 2.31. The summed E-state index contributed by atoms with van der Waals surface area (Å²) in [6.07, 6.45) is 0. The van der Waals surface area contributed by atoms with Crippen LogP contribution in [0.4, 0.5) is 0 Å². The standard InChI is InChI=1S/C8H5Cl3O2/c9-3-7(12)5-1-4(10)2-6(11)8(5)13/h1-2,13H,3H2. The van der Waals surface area contributed by atoms with Gasteiger partial charge in [0.1, 0.15) is 5.75 Å². The average Bonchev–Trinajstić information content (AvgIpc) is 2.10. The molecular formula is C8H5Cl3O2. The summed E-state index contributed by atoms with van der Waals surface area (Å²) in [5.74, 6) is -0.912. The van der Waals surface area contributed by atoms with Crippen LogP contribution >= 0.6 is 34.8 Å². The second-order valence-corrected chi connectivity index (χ2v) is 3.45. The quantitative estimate of drug-likeness (QED) is 0.636. The van der Waals surface area contributed by atoms with Crippen molar-refractivity contribution in [1.82, 2.24) is 0 Å². The van der Waals surface area contributed by atoms with Crippen molar-refractivity contribution >= 4 is 40.6 Å². The van der Waals surface area contributed by atoms with E-state index in [0.29, 0.717) is 0 Å². The van der Waals surface area contributed by atoms with E-state index in [9.17, 15) is 9.90 Å². The Balaban J connectivity index is 3.28. The van der Waals surface area contributed by atoms with Crippen LogP contribution in [-0.2, 0) is 0 Å². The summed E-state index contributed by atoms with van der Waals surface area (Å²) in [6.45, 7) is 0. The van der Waals surface area contributed by atoms with E-state index in [1.807, 2.05) is 0 Å². The fourth-order valence-corrected chi connectivity index (χ4v) is 1.49. The number of halogens is 3. The van der Waals surface area contributed by atoms with E-state index in [4.69, 9.17) is 34.8 Å². The Labute approximate surface area is 90.0 Å². The maximum absolute atomic E-state index is 11.1. The predicted octanol–water partition coefficient (Wildman–Crippen LogP) is 3.12. The smallest absolute Gasteiger partial charge is 0.181 e. The van der Waals surface area contributed by atoms with Gasteiger partial charge in [0, 0.05) is 5.02 Å². The topological polar surface area (TPSA) is 37.3 Å². The number of rotatable bonds is 2. The molecule has 0 unspecified atom stereocenters. The van der Waals surface area contributed by atoms with Crippen molar-refractivity contribution in [1.29, 1.82) is 0 Å². The largest absolute Gasteiger partial charge is 0.506 e. The second-order valence-electron chi connectivity index (χ2n) is 2.34. The van der Waals surface area contributed by atoms with Gasteiger partial charge in [-0.15, -0.1) is 11.6 Å². The van der Waals surface area contributed by atoms with Crippen molar-refractivity contribution in [2.75, 3.05) is 5.88 Å². The first-order valence-corrected chi connectivity index (χ1v) is 4.62. The first-order chi connectivity index (χ1) is 6.06. The number of benzene rings is 1. The Morgan fingerprint density at radius 2 is 2.00 bits per heavy atom. The van der Waals surface area contributed by atoms with Crippen molar-refractivity contribution in [3.8, 4) is 5.75 Å². The van der Waals surface area contributed by atoms with Gasteiger partial charge in [-0.3, -0.25) is 4.79 Å². The molecule has 0 amide bonds. The van der Waals surface area contributed by atoms with Crippen molar-refractivity contribution in [3.63, 3.8) is 0 Å². The summed E-state index contributed by atoms with van der Waals surface area (Å²) in [7, 11) is 0. The lowest BCUT2D eigenvalue weighted by atomic mass is 10.1. The zero-order valence-corrected chi connectivity index (χ0v) is 8.62. The number of carbonyl (C=O) groups excluding carboxylic acids is 1. The molecule has 13 heavy (non-hydrogen) atoms. The van der Waals surface area contributed by atoms with Crippen LogP contribution in [0.2, 0.25) is 10.0 Å². The Bertz CT molecular complexity index is 349. The zero-order chi connectivity index (χ0) is 10.0. The van der Waals surface area contributed by atoms with Crippen LogP contribution in [0, 0.1) is 0 Å². The molecule has 0 spiro atoms. The molecule has 0 aromatic heterocycles. The lowest BCUT2D eigenvalue weighted by molar-refractivity contribution is 0.101. The lowest BCUT2D eigenvalue weighted by Gasteiger charge is -2.03. The van der Waals surface area contributed by atoms with E-state index < -0.39 is 5.78 Å². The molecular weight excluding hydrogens is 234 g/mol. The van der Waals surface area contributed by atoms with Gasteiger partial charge in [0.15, 0.2) is 5.78 Å². The van der Waals surface area contributed by atoms with Gasteiger partial charge >= 0.3 is 0 Å². The molecule has 2 nitrogen and oxygen atoms in total. The summed E-state index contributed by atoms with van der Waals surface area (Å²) < 4.78 is 0. The molecule has 0 aliphatic heterocycles. The number of ketones is 1. The van der Waals surface area contributed by atoms with E-state index in [1.54, 1.807) is 0 Å². The summed E-state index contributed by atoms with van der Waals surface area (Å²) in [5.41, 5.74) is 0.0486. The minimum Gasteiger partial charge on any atom is -0.506 e. The summed E-state index contributed by atoms with van der Waals surface area (Å²) >= 11 is 16.5. The maximum atomic E-state index is 11.1. The number of phenolic OH excluding ortho intramolecular Hbond substituents is 1. The molecule has 1 rings (SSSR count). The number of alkyl halides is 1. The van der Waals surface area contributed by atoms with E-state index in [1.165, 1.54) is 12.1 Å². The number of hydrogen-bond donors (Lipinski definition) is 1. The van der Waals surface area contributed by atoms with Gasteiger partial charge in [-0.05, 0) is 12.1 Å². The summed E-state index contributed by atoms with van der Waals surface area (Å²) in [5, 5.41) is 9.68. The first kappa shape index (κ1) is 10.6. The molecule has 0 saturated heterocycles. The van der Waals surface area contributed by atoms with Gasteiger partial charge in [-0.2, -0.15) is 0 Å². The van der Waals surface area contributed by atoms with Crippen LogP contribution in [-0.4, -0.2) is 16.8 Å². The first-order valence-electron chi connectivity index (χ1n) is 3.33. The predicted molar refractivity (Wildman–Crippen MR) is 53.2 cm³/mol. The van der Waals surface area contributed by atoms with Gasteiger partial charge in [0.05, 0.1) is 16.5 Å². The van der Waals surface area contributed by atoms with Crippen LogP contribution in [0.1, 0.15) is 10.4 Å². The van der Waals surface area contributed by atoms with E-state index in [0.717, 1.165) is 0 Å². The Kier molecular flexibility index (Phi) is 3.42. The fourth-order valence-electron chi connectivity index (χ4n) is 0.851. The number of aromatic hydroxyl groups is 1. The lowest BCUT2D eigenvalue weighted by Crippen LogP contribution is -2.00. The number of carbonyl (C=O) groups is 1. The van der Waals surface area contributed by atoms with Crippen LogP contribution in [0.15, 0.2) is 12.1 Å². The molecule has 5 heteroatoms. The molecule has 1 aromatic rings. The summed E-state index contributed by atoms with van der Waals surface area (Å²) in [4.78, 5) is 11.1. The Morgan fingerprint density at radius 1 is 1.38 bits per heavy atom. The van der Waals surface area contributed by atoms with E-state index in [-0.39, 0.29) is 27.2 Å². The molecule has 70 valence electrons. The zero-order valence-electron chi connectivity index (χ0n) is 6.35. The number of hydrogen-bond acceptors (Lipinski definition) is 2. The molecule has 0 atom stereocenters. The van der Waals surface area contributed by atoms with Gasteiger partial charge in [-0.1, -0.05) is 23.2 Å². The van der Waals surface area contributed by atoms with Gasteiger partial charge in [0.25, 0.3) is 0 Å². The minimum absolute atomic E-state index is 0.0426. The monoisotopic (exact) mass is 238 g/mol. The van der Waals surface area contributed by atoms with Crippen molar-refractivity contribution in [2.45, 2.75) is 0 Å². The maximum Gasteiger partial charge on any atom is 0.181 e. The van der Waals surface area contributed by atoms with Gasteiger partial charge in [-0.25, -0.2) is 0 Å². The van der Waals surface area contributed by atoms with Crippen molar-refractivity contribution < 1.29 is 9.90 Å². The molecule has 0 aliphatic carbocycles. The fraction of sp³-hybridized carbons (Fsp3) is 0.125. The van der Waals surface area contributed by atoms with Crippen molar-refractivity contribution in [3.05, 3.63) is 27.7 Å². The molecule has 0 fully saturated rings. The Hall–Kier alpha value is -0.440. The van der Waals surface area contributed by atoms with E-state index in [2.05, 4.69) is 0 Å². The third-order valence-corrected chi connectivity index (χ3v) is 2.20. The average molecular weight is 239 g/mol. The van der Waals surface area contributed by atoms with Gasteiger partial charge in [0.2, 0.25) is 0 Å². The third-order valence-electron chi connectivity index (χ3n) is 1.45. The van der Waals surface area contributed by atoms with Crippen LogP contribution in [0.25, 0.3) is 0 Å². The highest BCUT2D eigenvalue weighted by Gasteiger charge is 2.13. The molecule has 1 aromatic carbocycles. The van der Waals surface area contributed by atoms with Crippen LogP contribution < -0.4 is 0 Å². The number of Topliss-reactive ketones (excluding diaryl/α,β-unsaturated/α-hetero) is 1. The van der Waals surface area contributed by atoms with Gasteiger partial charge < -0.3 is 5.11 Å². The molecule has 1 N–H and O–H groups in total. The second kappa shape index (κ2) is 4.18. The number of phenols is 1. The highest BCUT2D eigenvalue weighted by atomic mass is 35.5. The van der Waals surface area contributed by atoms with Crippen LogP contribution in [0.3, 0.4) is 0 Å². The third kappa shape index (κ3) is 2.27. The summed E-state index contributed by atoms with van der Waals surface area (Å²) in [6, 6.07) is 2.68. The molecule has 0 bridgehead atoms.